The van der Waals surface area contributed by atoms with Crippen molar-refractivity contribution in [2.45, 2.75) is 36.7 Å². The number of rotatable bonds is 1. The number of halogens is 4. The normalized spacial score (nSPS) is 25.2. The summed E-state index contributed by atoms with van der Waals surface area (Å²) in [5.41, 5.74) is -0.267. The molecule has 1 atom stereocenters. The van der Waals surface area contributed by atoms with E-state index in [2.05, 4.69) is 0 Å². The monoisotopic (exact) mass is 276 g/mol. The van der Waals surface area contributed by atoms with Crippen molar-refractivity contribution in [3.8, 4) is 0 Å². The highest BCUT2D eigenvalue weighted by Gasteiger charge is 2.40. The fourth-order valence-corrected chi connectivity index (χ4v) is 2.57. The van der Waals surface area contributed by atoms with Crippen LogP contribution in [-0.4, -0.2) is 5.78 Å². The first-order valence-electron chi connectivity index (χ1n) is 5.74. The minimum Gasteiger partial charge on any atom is -0.297 e. The Morgan fingerprint density at radius 1 is 1.11 bits per heavy atom. The summed E-state index contributed by atoms with van der Waals surface area (Å²) in [6, 6.07) is 4.56. The fraction of sp³-hybridized carbons (Fsp3) is 0.462. The maximum atomic E-state index is 12.4. The number of hydrogen-bond acceptors (Lipinski definition) is 1. The molecule has 0 aliphatic heterocycles. The third-order valence-corrected chi connectivity index (χ3v) is 3.90. The van der Waals surface area contributed by atoms with E-state index in [-0.39, 0.29) is 5.78 Å². The largest absolute Gasteiger partial charge is 0.416 e. The molecule has 2 rings (SSSR count). The molecular weight excluding hydrogens is 265 g/mol. The van der Waals surface area contributed by atoms with Crippen LogP contribution in [0, 0.1) is 0 Å². The zero-order valence-electron chi connectivity index (χ0n) is 9.56. The van der Waals surface area contributed by atoms with Crippen LogP contribution in [0.15, 0.2) is 24.3 Å². The lowest BCUT2D eigenvalue weighted by Gasteiger charge is -2.30. The quantitative estimate of drug-likeness (QED) is 0.700. The molecule has 0 aromatic heterocycles. The molecular formula is C13H12ClF3O. The molecule has 0 heterocycles. The second-order valence-electron chi connectivity index (χ2n) is 4.51. The second-order valence-corrected chi connectivity index (χ2v) is 5.15. The van der Waals surface area contributed by atoms with Gasteiger partial charge in [-0.25, -0.2) is 0 Å². The number of ketones is 1. The molecule has 0 N–H and O–H groups in total. The standard InChI is InChI=1S/C13H12ClF3O/c14-12(8-2-1-3-11(12)18)9-4-6-10(7-5-9)13(15,16)17/h4-7H,1-3,8H2. The van der Waals surface area contributed by atoms with Crippen molar-refractivity contribution in [3.63, 3.8) is 0 Å². The first kappa shape index (κ1) is 13.4. The van der Waals surface area contributed by atoms with Gasteiger partial charge in [0.05, 0.1) is 5.56 Å². The SMILES string of the molecule is O=C1CCCCC1(Cl)c1ccc(C(F)(F)F)cc1. The van der Waals surface area contributed by atoms with Crippen molar-refractivity contribution >= 4 is 17.4 Å². The zero-order valence-corrected chi connectivity index (χ0v) is 10.3. The van der Waals surface area contributed by atoms with E-state index in [0.717, 1.165) is 25.0 Å². The predicted molar refractivity (Wildman–Crippen MR) is 62.5 cm³/mol. The Labute approximate surface area is 108 Å². The Morgan fingerprint density at radius 3 is 2.22 bits per heavy atom. The number of carbonyl (C=O) groups is 1. The molecule has 1 saturated carbocycles. The number of carbonyl (C=O) groups excluding carboxylic acids is 1. The minimum absolute atomic E-state index is 0.102. The van der Waals surface area contributed by atoms with Crippen molar-refractivity contribution in [2.75, 3.05) is 0 Å². The van der Waals surface area contributed by atoms with E-state index in [9.17, 15) is 18.0 Å². The molecule has 1 nitrogen and oxygen atoms in total. The van der Waals surface area contributed by atoms with Crippen LogP contribution in [-0.2, 0) is 15.8 Å². The number of benzene rings is 1. The lowest BCUT2D eigenvalue weighted by Crippen LogP contribution is -2.33. The van der Waals surface area contributed by atoms with Gasteiger partial charge in [0.15, 0.2) is 5.78 Å². The number of alkyl halides is 4. The summed E-state index contributed by atoms with van der Waals surface area (Å²) >= 11 is 6.29. The lowest BCUT2D eigenvalue weighted by atomic mass is 9.82. The summed E-state index contributed by atoms with van der Waals surface area (Å²) < 4.78 is 37.3. The van der Waals surface area contributed by atoms with Crippen molar-refractivity contribution in [3.05, 3.63) is 35.4 Å². The van der Waals surface area contributed by atoms with Crippen LogP contribution < -0.4 is 0 Å². The van der Waals surface area contributed by atoms with E-state index < -0.39 is 16.6 Å². The van der Waals surface area contributed by atoms with E-state index in [0.29, 0.717) is 18.4 Å². The maximum Gasteiger partial charge on any atom is 0.416 e. The summed E-state index contributed by atoms with van der Waals surface area (Å²) in [6.45, 7) is 0. The average Bonchev–Trinajstić information content (AvgIpc) is 2.32. The fourth-order valence-electron chi connectivity index (χ4n) is 2.22. The lowest BCUT2D eigenvalue weighted by molar-refractivity contribution is -0.137. The van der Waals surface area contributed by atoms with Gasteiger partial charge in [0.25, 0.3) is 0 Å². The Kier molecular flexibility index (Phi) is 3.41. The van der Waals surface area contributed by atoms with E-state index in [1.165, 1.54) is 12.1 Å². The van der Waals surface area contributed by atoms with Crippen LogP contribution in [0.2, 0.25) is 0 Å². The van der Waals surface area contributed by atoms with Crippen molar-refractivity contribution in [1.29, 1.82) is 0 Å². The molecule has 0 radical (unpaired) electrons. The smallest absolute Gasteiger partial charge is 0.297 e. The predicted octanol–water partition coefficient (Wildman–Crippen LogP) is 4.28. The molecule has 0 amide bonds. The van der Waals surface area contributed by atoms with E-state index in [1.807, 2.05) is 0 Å². The molecule has 0 saturated heterocycles. The third-order valence-electron chi connectivity index (χ3n) is 3.29. The molecule has 98 valence electrons. The molecule has 1 aromatic carbocycles. The zero-order chi connectivity index (χ0) is 13.4. The van der Waals surface area contributed by atoms with Gasteiger partial charge in [-0.1, -0.05) is 18.6 Å². The minimum atomic E-state index is -4.37. The number of Topliss-reactive ketones (excluding diaryl/α,β-unsaturated/α-hetero) is 1. The van der Waals surface area contributed by atoms with Crippen LogP contribution in [0.4, 0.5) is 13.2 Å². The highest BCUT2D eigenvalue weighted by molar-refractivity contribution is 6.35. The van der Waals surface area contributed by atoms with Crippen LogP contribution in [0.3, 0.4) is 0 Å². The Balaban J connectivity index is 2.31. The van der Waals surface area contributed by atoms with Crippen molar-refractivity contribution in [1.82, 2.24) is 0 Å². The van der Waals surface area contributed by atoms with Gasteiger partial charge >= 0.3 is 6.18 Å². The molecule has 0 bridgehead atoms. The van der Waals surface area contributed by atoms with Gasteiger partial charge in [-0.05, 0) is 30.5 Å². The van der Waals surface area contributed by atoms with Crippen LogP contribution in [0.25, 0.3) is 0 Å². The van der Waals surface area contributed by atoms with Crippen LogP contribution in [0.5, 0.6) is 0 Å². The maximum absolute atomic E-state index is 12.4. The summed E-state index contributed by atoms with van der Waals surface area (Å²) in [7, 11) is 0. The Morgan fingerprint density at radius 2 is 1.72 bits per heavy atom. The van der Waals surface area contributed by atoms with Crippen molar-refractivity contribution < 1.29 is 18.0 Å². The van der Waals surface area contributed by atoms with E-state index in [4.69, 9.17) is 11.6 Å². The summed E-state index contributed by atoms with van der Waals surface area (Å²) in [4.78, 5) is 10.7. The summed E-state index contributed by atoms with van der Waals surface area (Å²) in [5.74, 6) is -0.102. The van der Waals surface area contributed by atoms with Crippen LogP contribution >= 0.6 is 11.6 Å². The molecule has 18 heavy (non-hydrogen) atoms. The Hall–Kier alpha value is -1.03. The van der Waals surface area contributed by atoms with E-state index in [1.54, 1.807) is 0 Å². The topological polar surface area (TPSA) is 17.1 Å². The highest BCUT2D eigenvalue weighted by Crippen LogP contribution is 2.41. The summed E-state index contributed by atoms with van der Waals surface area (Å²) in [6.07, 6.45) is -1.87. The molecule has 1 unspecified atom stereocenters. The van der Waals surface area contributed by atoms with Gasteiger partial charge in [-0.3, -0.25) is 4.79 Å². The highest BCUT2D eigenvalue weighted by atomic mass is 35.5. The molecule has 1 aliphatic rings. The van der Waals surface area contributed by atoms with E-state index >= 15 is 0 Å². The third kappa shape index (κ3) is 2.39. The molecule has 5 heteroatoms. The number of hydrogen-bond donors (Lipinski definition) is 0. The summed E-state index contributed by atoms with van der Waals surface area (Å²) in [5, 5.41) is 0. The molecule has 1 fully saturated rings. The van der Waals surface area contributed by atoms with Gasteiger partial charge in [0, 0.05) is 6.42 Å². The van der Waals surface area contributed by atoms with Gasteiger partial charge in [0.1, 0.15) is 4.87 Å². The van der Waals surface area contributed by atoms with Gasteiger partial charge < -0.3 is 0 Å². The molecule has 1 aliphatic carbocycles. The van der Waals surface area contributed by atoms with Gasteiger partial charge in [-0.15, -0.1) is 11.6 Å². The van der Waals surface area contributed by atoms with Crippen molar-refractivity contribution in [2.24, 2.45) is 0 Å². The first-order chi connectivity index (χ1) is 8.34. The average molecular weight is 277 g/mol. The molecule has 0 spiro atoms. The first-order valence-corrected chi connectivity index (χ1v) is 6.12. The van der Waals surface area contributed by atoms with Gasteiger partial charge in [0.2, 0.25) is 0 Å². The second kappa shape index (κ2) is 4.57. The van der Waals surface area contributed by atoms with Gasteiger partial charge in [-0.2, -0.15) is 13.2 Å². The Bertz CT molecular complexity index is 452. The van der Waals surface area contributed by atoms with Crippen LogP contribution in [0.1, 0.15) is 36.8 Å². The molecule has 1 aromatic rings.